The van der Waals surface area contributed by atoms with Crippen molar-refractivity contribution in [2.45, 2.75) is 32.7 Å². The van der Waals surface area contributed by atoms with Crippen molar-refractivity contribution in [1.82, 2.24) is 5.32 Å². The van der Waals surface area contributed by atoms with Crippen LogP contribution in [0.3, 0.4) is 0 Å². The number of nitrogens with one attached hydrogen (secondary N) is 1. The molecule has 104 valence electrons. The molecule has 0 saturated carbocycles. The summed E-state index contributed by atoms with van der Waals surface area (Å²) in [6.07, 6.45) is 1.51. The first-order valence-electron chi connectivity index (χ1n) is 6.78. The van der Waals surface area contributed by atoms with Crippen LogP contribution in [0, 0.1) is 18.7 Å². The lowest BCUT2D eigenvalue weighted by atomic mass is 9.87. The molecule has 1 heterocycles. The van der Waals surface area contributed by atoms with Crippen LogP contribution in [-0.2, 0) is 9.53 Å². The fourth-order valence-electron chi connectivity index (χ4n) is 2.66. The molecule has 0 radical (unpaired) electrons. The Balaban J connectivity index is 2.10. The lowest BCUT2D eigenvalue weighted by Gasteiger charge is -2.30. The van der Waals surface area contributed by atoms with Crippen LogP contribution < -0.4 is 5.32 Å². The minimum absolute atomic E-state index is 0.0596. The topological polar surface area (TPSA) is 38.3 Å². The molecular weight excluding hydrogens is 245 g/mol. The largest absolute Gasteiger partial charge is 0.466 e. The molecule has 19 heavy (non-hydrogen) atoms. The Morgan fingerprint density at radius 3 is 3.00 bits per heavy atom. The van der Waals surface area contributed by atoms with E-state index in [9.17, 15) is 9.18 Å². The minimum Gasteiger partial charge on any atom is -0.466 e. The van der Waals surface area contributed by atoms with Gasteiger partial charge in [0.1, 0.15) is 5.82 Å². The third-order valence-corrected chi connectivity index (χ3v) is 3.63. The molecule has 1 fully saturated rings. The van der Waals surface area contributed by atoms with E-state index >= 15 is 0 Å². The fraction of sp³-hybridized carbons (Fsp3) is 0.533. The van der Waals surface area contributed by atoms with Crippen molar-refractivity contribution in [2.75, 3.05) is 13.2 Å². The van der Waals surface area contributed by atoms with Crippen LogP contribution in [0.4, 0.5) is 4.39 Å². The summed E-state index contributed by atoms with van der Waals surface area (Å²) in [6, 6.07) is 4.91. The van der Waals surface area contributed by atoms with Crippen molar-refractivity contribution in [3.05, 3.63) is 35.1 Å². The Hall–Kier alpha value is -1.42. The van der Waals surface area contributed by atoms with E-state index in [4.69, 9.17) is 4.74 Å². The van der Waals surface area contributed by atoms with E-state index in [0.29, 0.717) is 13.0 Å². The monoisotopic (exact) mass is 265 g/mol. The molecule has 1 aromatic carbocycles. The number of hydrogen-bond donors (Lipinski definition) is 1. The van der Waals surface area contributed by atoms with E-state index in [2.05, 4.69) is 5.32 Å². The molecule has 1 saturated heterocycles. The van der Waals surface area contributed by atoms with Crippen LogP contribution >= 0.6 is 0 Å². The smallest absolute Gasteiger partial charge is 0.309 e. The molecule has 1 N–H and O–H groups in total. The maximum atomic E-state index is 13.1. The van der Waals surface area contributed by atoms with Gasteiger partial charge in [0.15, 0.2) is 0 Å². The lowest BCUT2D eigenvalue weighted by Crippen LogP contribution is -2.36. The molecule has 0 amide bonds. The van der Waals surface area contributed by atoms with Gasteiger partial charge in [-0.2, -0.15) is 0 Å². The summed E-state index contributed by atoms with van der Waals surface area (Å²) in [6.45, 7) is 4.92. The number of esters is 1. The van der Waals surface area contributed by atoms with Crippen molar-refractivity contribution in [2.24, 2.45) is 5.92 Å². The van der Waals surface area contributed by atoms with Crippen LogP contribution in [-0.4, -0.2) is 19.1 Å². The third-order valence-electron chi connectivity index (χ3n) is 3.63. The van der Waals surface area contributed by atoms with Gasteiger partial charge in [0.25, 0.3) is 0 Å². The summed E-state index contributed by atoms with van der Waals surface area (Å²) >= 11 is 0. The van der Waals surface area contributed by atoms with E-state index in [1.807, 2.05) is 13.8 Å². The van der Waals surface area contributed by atoms with Crippen LogP contribution in [0.2, 0.25) is 0 Å². The Morgan fingerprint density at radius 1 is 1.53 bits per heavy atom. The Morgan fingerprint density at radius 2 is 2.32 bits per heavy atom. The predicted octanol–water partition coefficient (Wildman–Crippen LogP) is 2.74. The van der Waals surface area contributed by atoms with Gasteiger partial charge in [0, 0.05) is 6.04 Å². The predicted molar refractivity (Wildman–Crippen MR) is 71.2 cm³/mol. The summed E-state index contributed by atoms with van der Waals surface area (Å²) < 4.78 is 18.2. The van der Waals surface area contributed by atoms with E-state index in [1.165, 1.54) is 12.1 Å². The van der Waals surface area contributed by atoms with Crippen molar-refractivity contribution in [3.8, 4) is 0 Å². The zero-order valence-corrected chi connectivity index (χ0v) is 11.4. The van der Waals surface area contributed by atoms with Crippen LogP contribution in [0.1, 0.15) is 36.9 Å². The SMILES string of the molecule is CCOC(=O)[C@@H]1CCN[C@H](c2ccc(F)cc2C)C1. The highest BCUT2D eigenvalue weighted by Gasteiger charge is 2.29. The summed E-state index contributed by atoms with van der Waals surface area (Å²) in [5, 5.41) is 3.39. The normalized spacial score (nSPS) is 23.1. The Bertz CT molecular complexity index is 461. The van der Waals surface area contributed by atoms with Gasteiger partial charge in [-0.3, -0.25) is 4.79 Å². The van der Waals surface area contributed by atoms with E-state index < -0.39 is 0 Å². The maximum Gasteiger partial charge on any atom is 0.309 e. The highest BCUT2D eigenvalue weighted by Crippen LogP contribution is 2.30. The summed E-state index contributed by atoms with van der Waals surface area (Å²) in [5.74, 6) is -0.400. The molecule has 4 heteroatoms. The van der Waals surface area contributed by atoms with Gasteiger partial charge < -0.3 is 10.1 Å². The van der Waals surface area contributed by atoms with Gasteiger partial charge >= 0.3 is 5.97 Å². The minimum atomic E-state index is -0.223. The highest BCUT2D eigenvalue weighted by molar-refractivity contribution is 5.72. The average molecular weight is 265 g/mol. The molecule has 0 spiro atoms. The lowest BCUT2D eigenvalue weighted by molar-refractivity contribution is -0.149. The number of ether oxygens (including phenoxy) is 1. The molecule has 3 nitrogen and oxygen atoms in total. The quantitative estimate of drug-likeness (QED) is 0.854. The van der Waals surface area contributed by atoms with Gasteiger partial charge in [0.05, 0.1) is 12.5 Å². The molecule has 1 aromatic rings. The van der Waals surface area contributed by atoms with E-state index in [0.717, 1.165) is 24.1 Å². The van der Waals surface area contributed by atoms with Crippen LogP contribution in [0.25, 0.3) is 0 Å². The second-order valence-electron chi connectivity index (χ2n) is 4.98. The number of benzene rings is 1. The van der Waals surface area contributed by atoms with E-state index in [1.54, 1.807) is 6.07 Å². The molecule has 2 rings (SSSR count). The second kappa shape index (κ2) is 6.15. The van der Waals surface area contributed by atoms with Gasteiger partial charge in [-0.1, -0.05) is 6.07 Å². The average Bonchev–Trinajstić information content (AvgIpc) is 2.39. The first kappa shape index (κ1) is 14.0. The first-order valence-corrected chi connectivity index (χ1v) is 6.78. The number of halogens is 1. The third kappa shape index (κ3) is 3.32. The van der Waals surface area contributed by atoms with Crippen LogP contribution in [0.15, 0.2) is 18.2 Å². The first-order chi connectivity index (χ1) is 9.11. The number of aryl methyl sites for hydroxylation is 1. The van der Waals surface area contributed by atoms with Crippen molar-refractivity contribution in [3.63, 3.8) is 0 Å². The molecule has 2 atom stereocenters. The zero-order chi connectivity index (χ0) is 13.8. The molecule has 1 aliphatic heterocycles. The van der Waals surface area contributed by atoms with Crippen molar-refractivity contribution < 1.29 is 13.9 Å². The number of carbonyl (C=O) groups is 1. The van der Waals surface area contributed by atoms with Crippen molar-refractivity contribution >= 4 is 5.97 Å². The Labute approximate surface area is 113 Å². The molecule has 0 aliphatic carbocycles. The summed E-state index contributed by atoms with van der Waals surface area (Å²) in [7, 11) is 0. The standard InChI is InChI=1S/C15H20FNO2/c1-3-19-15(18)11-6-7-17-14(9-11)13-5-4-12(16)8-10(13)2/h4-5,8,11,14,17H,3,6-7,9H2,1-2H3/t11-,14+/m1/s1. The van der Waals surface area contributed by atoms with Gasteiger partial charge in [-0.25, -0.2) is 4.39 Å². The summed E-state index contributed by atoms with van der Waals surface area (Å²) in [5.41, 5.74) is 1.98. The molecule has 0 aromatic heterocycles. The van der Waals surface area contributed by atoms with Gasteiger partial charge in [-0.05, 0) is 56.5 Å². The maximum absolute atomic E-state index is 13.1. The van der Waals surface area contributed by atoms with Crippen LogP contribution in [0.5, 0.6) is 0 Å². The van der Waals surface area contributed by atoms with E-state index in [-0.39, 0.29) is 23.7 Å². The Kier molecular flexibility index (Phi) is 4.53. The summed E-state index contributed by atoms with van der Waals surface area (Å²) in [4.78, 5) is 11.8. The van der Waals surface area contributed by atoms with Gasteiger partial charge in [0.2, 0.25) is 0 Å². The number of carbonyl (C=O) groups excluding carboxylic acids is 1. The van der Waals surface area contributed by atoms with Gasteiger partial charge in [-0.15, -0.1) is 0 Å². The number of piperidine rings is 1. The molecule has 1 aliphatic rings. The number of rotatable bonds is 3. The molecule has 0 bridgehead atoms. The van der Waals surface area contributed by atoms with Crippen molar-refractivity contribution in [1.29, 1.82) is 0 Å². The fourth-order valence-corrected chi connectivity index (χ4v) is 2.66. The zero-order valence-electron chi connectivity index (χ0n) is 11.4. The highest BCUT2D eigenvalue weighted by atomic mass is 19.1. The number of hydrogen-bond acceptors (Lipinski definition) is 3. The molecule has 0 unspecified atom stereocenters. The molecular formula is C15H20FNO2. The second-order valence-corrected chi connectivity index (χ2v) is 4.98.